The number of hydrogen-bond acceptors (Lipinski definition) is 5. The predicted molar refractivity (Wildman–Crippen MR) is 112 cm³/mol. The van der Waals surface area contributed by atoms with Gasteiger partial charge in [0.05, 0.1) is 12.7 Å². The van der Waals surface area contributed by atoms with E-state index in [1.807, 2.05) is 43.4 Å². The van der Waals surface area contributed by atoms with Crippen molar-refractivity contribution < 1.29 is 19.0 Å². The van der Waals surface area contributed by atoms with Crippen LogP contribution in [-0.4, -0.2) is 67.6 Å². The second-order valence-corrected chi connectivity index (χ2v) is 7.89. The molecule has 29 heavy (non-hydrogen) atoms. The average Bonchev–Trinajstić information content (AvgIpc) is 3.07. The number of alkyl halides is 1. The molecule has 2 aromatic carbocycles. The summed E-state index contributed by atoms with van der Waals surface area (Å²) in [6.45, 7) is 3.32. The van der Waals surface area contributed by atoms with E-state index in [4.69, 9.17) is 9.47 Å². The van der Waals surface area contributed by atoms with Gasteiger partial charge in [-0.2, -0.15) is 0 Å². The van der Waals surface area contributed by atoms with E-state index in [1.165, 1.54) is 5.56 Å². The number of likely N-dealkylation sites (N-methyl/N-ethyl adjacent to an activating group) is 1. The number of β-amino-alcohol motifs (C(OH)–C–C–N with tert-alkyl or cyclic N) is 1. The molecule has 158 valence electrons. The third-order valence-electron chi connectivity index (χ3n) is 5.26. The minimum absolute atomic E-state index is 0.0859. The highest BCUT2D eigenvalue weighted by atomic mass is 19.1. The Labute approximate surface area is 172 Å². The zero-order valence-electron chi connectivity index (χ0n) is 17.3. The number of benzene rings is 2. The predicted octanol–water partition coefficient (Wildman–Crippen LogP) is 3.11. The van der Waals surface area contributed by atoms with Crippen molar-refractivity contribution in [1.29, 1.82) is 0 Å². The molecule has 0 aliphatic carbocycles. The Morgan fingerprint density at radius 2 is 1.72 bits per heavy atom. The van der Waals surface area contributed by atoms with Gasteiger partial charge in [0.1, 0.15) is 24.8 Å². The lowest BCUT2D eigenvalue weighted by Crippen LogP contribution is -2.43. The van der Waals surface area contributed by atoms with Crippen LogP contribution in [0, 0.1) is 0 Å². The van der Waals surface area contributed by atoms with Gasteiger partial charge >= 0.3 is 0 Å². The molecule has 1 N–H and O–H groups in total. The molecule has 6 heteroatoms. The van der Waals surface area contributed by atoms with Gasteiger partial charge in [-0.1, -0.05) is 24.3 Å². The highest BCUT2D eigenvalue weighted by molar-refractivity contribution is 5.28. The minimum atomic E-state index is -0.703. The lowest BCUT2D eigenvalue weighted by Gasteiger charge is -2.29. The van der Waals surface area contributed by atoms with Crippen molar-refractivity contribution in [2.75, 3.05) is 47.1 Å². The van der Waals surface area contributed by atoms with Gasteiger partial charge in [0.2, 0.25) is 0 Å². The summed E-state index contributed by atoms with van der Waals surface area (Å²) in [6.07, 6.45) is 0.762. The number of ether oxygens (including phenoxy) is 2. The smallest absolute Gasteiger partial charge is 0.123 e. The van der Waals surface area contributed by atoms with E-state index in [0.717, 1.165) is 37.4 Å². The van der Waals surface area contributed by atoms with Crippen molar-refractivity contribution in [2.24, 2.45) is 0 Å². The SMILES string of the molecule is COc1ccc(CN(C)C[C@@]2(O)CCN(Cc3ccc(OCCF)cc3)C2)cc1. The van der Waals surface area contributed by atoms with Crippen LogP contribution >= 0.6 is 0 Å². The number of hydrogen-bond donors (Lipinski definition) is 1. The Kier molecular flexibility index (Phi) is 7.47. The van der Waals surface area contributed by atoms with E-state index in [2.05, 4.69) is 21.9 Å². The van der Waals surface area contributed by atoms with Gasteiger partial charge in [-0.05, 0) is 48.9 Å². The minimum Gasteiger partial charge on any atom is -0.497 e. The Morgan fingerprint density at radius 3 is 2.38 bits per heavy atom. The van der Waals surface area contributed by atoms with E-state index in [0.29, 0.717) is 18.8 Å². The quantitative estimate of drug-likeness (QED) is 0.662. The molecule has 0 bridgehead atoms. The number of rotatable bonds is 10. The molecular weight excluding hydrogens is 371 g/mol. The molecule has 1 aliphatic heterocycles. The molecule has 3 rings (SSSR count). The summed E-state index contributed by atoms with van der Waals surface area (Å²) in [7, 11) is 3.71. The molecule has 2 aromatic rings. The zero-order chi connectivity index (χ0) is 20.7. The number of nitrogens with zero attached hydrogens (tertiary/aromatic N) is 2. The van der Waals surface area contributed by atoms with Gasteiger partial charge in [-0.25, -0.2) is 4.39 Å². The van der Waals surface area contributed by atoms with Crippen LogP contribution in [0.2, 0.25) is 0 Å². The van der Waals surface area contributed by atoms with Crippen LogP contribution in [-0.2, 0) is 13.1 Å². The summed E-state index contributed by atoms with van der Waals surface area (Å²) in [5.74, 6) is 1.54. The molecule has 0 radical (unpaired) electrons. The number of methoxy groups -OCH3 is 1. The fourth-order valence-electron chi connectivity index (χ4n) is 3.91. The zero-order valence-corrected chi connectivity index (χ0v) is 17.3. The average molecular weight is 403 g/mol. The summed E-state index contributed by atoms with van der Waals surface area (Å²) < 4.78 is 22.7. The fourth-order valence-corrected chi connectivity index (χ4v) is 3.91. The summed E-state index contributed by atoms with van der Waals surface area (Å²) in [5, 5.41) is 11.1. The van der Waals surface area contributed by atoms with Crippen molar-refractivity contribution >= 4 is 0 Å². The molecule has 0 unspecified atom stereocenters. The Bertz CT molecular complexity index is 754. The van der Waals surface area contributed by atoms with Crippen LogP contribution in [0.3, 0.4) is 0 Å². The van der Waals surface area contributed by atoms with Gasteiger partial charge in [-0.15, -0.1) is 0 Å². The van der Waals surface area contributed by atoms with E-state index in [-0.39, 0.29) is 6.61 Å². The molecule has 1 atom stereocenters. The highest BCUT2D eigenvalue weighted by Gasteiger charge is 2.36. The molecule has 1 heterocycles. The topological polar surface area (TPSA) is 45.2 Å². The summed E-state index contributed by atoms with van der Waals surface area (Å²) in [4.78, 5) is 4.45. The lowest BCUT2D eigenvalue weighted by molar-refractivity contribution is 0.0162. The Hall–Kier alpha value is -2.15. The summed E-state index contributed by atoms with van der Waals surface area (Å²) in [6, 6.07) is 15.8. The molecular formula is C23H31FN2O3. The monoisotopic (exact) mass is 402 g/mol. The van der Waals surface area contributed by atoms with E-state index >= 15 is 0 Å². The summed E-state index contributed by atoms with van der Waals surface area (Å²) in [5.41, 5.74) is 1.65. The summed E-state index contributed by atoms with van der Waals surface area (Å²) >= 11 is 0. The van der Waals surface area contributed by atoms with Crippen molar-refractivity contribution in [3.63, 3.8) is 0 Å². The molecule has 0 spiro atoms. The van der Waals surface area contributed by atoms with Crippen LogP contribution in [0.15, 0.2) is 48.5 Å². The van der Waals surface area contributed by atoms with Crippen LogP contribution in [0.25, 0.3) is 0 Å². The third-order valence-corrected chi connectivity index (χ3v) is 5.26. The van der Waals surface area contributed by atoms with Crippen LogP contribution in [0.1, 0.15) is 17.5 Å². The first-order chi connectivity index (χ1) is 14.0. The van der Waals surface area contributed by atoms with Gasteiger partial charge in [-0.3, -0.25) is 9.80 Å². The second kappa shape index (κ2) is 10.1. The number of halogens is 1. The number of aliphatic hydroxyl groups is 1. The first kappa shape index (κ1) is 21.6. The van der Waals surface area contributed by atoms with Crippen LogP contribution in [0.5, 0.6) is 11.5 Å². The lowest BCUT2D eigenvalue weighted by atomic mass is 10.0. The molecule has 1 aliphatic rings. The largest absolute Gasteiger partial charge is 0.497 e. The second-order valence-electron chi connectivity index (χ2n) is 7.89. The number of likely N-dealkylation sites (tertiary alicyclic amines) is 1. The van der Waals surface area contributed by atoms with Gasteiger partial charge in [0, 0.05) is 32.7 Å². The maximum Gasteiger partial charge on any atom is 0.123 e. The van der Waals surface area contributed by atoms with Crippen LogP contribution in [0.4, 0.5) is 4.39 Å². The molecule has 1 fully saturated rings. The Balaban J connectivity index is 1.47. The van der Waals surface area contributed by atoms with Gasteiger partial charge in [0.25, 0.3) is 0 Å². The van der Waals surface area contributed by atoms with E-state index in [1.54, 1.807) is 7.11 Å². The maximum atomic E-state index is 12.2. The van der Waals surface area contributed by atoms with Crippen molar-refractivity contribution in [3.05, 3.63) is 59.7 Å². The van der Waals surface area contributed by atoms with Gasteiger partial charge in [0.15, 0.2) is 0 Å². The van der Waals surface area contributed by atoms with Gasteiger partial charge < -0.3 is 14.6 Å². The maximum absolute atomic E-state index is 12.2. The van der Waals surface area contributed by atoms with Crippen molar-refractivity contribution in [2.45, 2.75) is 25.1 Å². The molecule has 1 saturated heterocycles. The fraction of sp³-hybridized carbons (Fsp3) is 0.478. The molecule has 0 amide bonds. The van der Waals surface area contributed by atoms with Crippen molar-refractivity contribution in [3.8, 4) is 11.5 Å². The van der Waals surface area contributed by atoms with E-state index in [9.17, 15) is 9.50 Å². The third kappa shape index (κ3) is 6.42. The van der Waals surface area contributed by atoms with Crippen molar-refractivity contribution in [1.82, 2.24) is 9.80 Å². The van der Waals surface area contributed by atoms with Crippen LogP contribution < -0.4 is 9.47 Å². The molecule has 0 saturated carbocycles. The van der Waals surface area contributed by atoms with E-state index < -0.39 is 12.3 Å². The Morgan fingerprint density at radius 1 is 1.07 bits per heavy atom. The molecule has 5 nitrogen and oxygen atoms in total. The standard InChI is InChI=1S/C23H31FN2O3/c1-25(15-19-3-7-21(28-2)8-4-19)17-23(27)11-13-26(18-23)16-20-5-9-22(10-6-20)29-14-12-24/h3-10,27H,11-18H2,1-2H3/t23-/m0/s1. The first-order valence-electron chi connectivity index (χ1n) is 10.0. The highest BCUT2D eigenvalue weighted by Crippen LogP contribution is 2.25. The molecule has 0 aromatic heterocycles. The first-order valence-corrected chi connectivity index (χ1v) is 10.0. The normalized spacial score (nSPS) is 19.6.